The molecule has 1 N–H and O–H groups in total. The SMILES string of the molecule is CCOC(=O)C1CNCCN1S(=O)(=O)C(C)C(=O)OC. The Labute approximate surface area is 118 Å². The second kappa shape index (κ2) is 7.00. The lowest BCUT2D eigenvalue weighted by molar-refractivity contribution is -0.148. The molecule has 116 valence electrons. The molecule has 8 nitrogen and oxygen atoms in total. The van der Waals surface area contributed by atoms with Crippen molar-refractivity contribution < 1.29 is 27.5 Å². The molecule has 2 unspecified atom stereocenters. The molecule has 0 aromatic carbocycles. The van der Waals surface area contributed by atoms with Crippen LogP contribution in [0.3, 0.4) is 0 Å². The molecule has 1 saturated heterocycles. The number of nitrogens with one attached hydrogen (secondary N) is 1. The van der Waals surface area contributed by atoms with Crippen molar-refractivity contribution in [1.82, 2.24) is 9.62 Å². The van der Waals surface area contributed by atoms with Crippen LogP contribution in [-0.4, -0.2) is 69.3 Å². The van der Waals surface area contributed by atoms with Crippen molar-refractivity contribution in [1.29, 1.82) is 0 Å². The van der Waals surface area contributed by atoms with Crippen LogP contribution in [0.2, 0.25) is 0 Å². The van der Waals surface area contributed by atoms with Crippen LogP contribution in [0.25, 0.3) is 0 Å². The van der Waals surface area contributed by atoms with Gasteiger partial charge in [-0.05, 0) is 13.8 Å². The number of carbonyl (C=O) groups excluding carboxylic acids is 2. The minimum atomic E-state index is -3.97. The van der Waals surface area contributed by atoms with Crippen molar-refractivity contribution in [2.75, 3.05) is 33.4 Å². The van der Waals surface area contributed by atoms with E-state index in [-0.39, 0.29) is 19.7 Å². The van der Waals surface area contributed by atoms with E-state index in [1.807, 2.05) is 0 Å². The standard InChI is InChI=1S/C11H20N2O6S/c1-4-19-11(15)9-7-12-5-6-13(9)20(16,17)8(2)10(14)18-3/h8-9,12H,4-7H2,1-3H3. The van der Waals surface area contributed by atoms with E-state index in [1.54, 1.807) is 6.92 Å². The van der Waals surface area contributed by atoms with Crippen LogP contribution in [0.5, 0.6) is 0 Å². The van der Waals surface area contributed by atoms with Gasteiger partial charge in [-0.2, -0.15) is 4.31 Å². The highest BCUT2D eigenvalue weighted by atomic mass is 32.2. The molecule has 0 aromatic rings. The summed E-state index contributed by atoms with van der Waals surface area (Å²) in [4.78, 5) is 23.3. The summed E-state index contributed by atoms with van der Waals surface area (Å²) >= 11 is 0. The Kier molecular flexibility index (Phi) is 5.90. The van der Waals surface area contributed by atoms with Crippen LogP contribution in [0, 0.1) is 0 Å². The van der Waals surface area contributed by atoms with E-state index in [2.05, 4.69) is 10.1 Å². The normalized spacial score (nSPS) is 22.1. The number of ether oxygens (including phenoxy) is 2. The molecule has 1 heterocycles. The molecule has 1 aliphatic rings. The van der Waals surface area contributed by atoms with Gasteiger partial charge in [0.25, 0.3) is 0 Å². The van der Waals surface area contributed by atoms with E-state index < -0.39 is 33.3 Å². The number of piperazine rings is 1. The van der Waals surface area contributed by atoms with Gasteiger partial charge >= 0.3 is 11.9 Å². The first kappa shape index (κ1) is 16.9. The van der Waals surface area contributed by atoms with Gasteiger partial charge in [0.05, 0.1) is 13.7 Å². The first-order valence-corrected chi connectivity index (χ1v) is 7.82. The van der Waals surface area contributed by atoms with E-state index in [0.29, 0.717) is 6.54 Å². The van der Waals surface area contributed by atoms with Crippen LogP contribution in [0.4, 0.5) is 0 Å². The Bertz CT molecular complexity index is 464. The monoisotopic (exact) mass is 308 g/mol. The zero-order valence-electron chi connectivity index (χ0n) is 11.8. The van der Waals surface area contributed by atoms with Gasteiger partial charge in [0.1, 0.15) is 6.04 Å². The summed E-state index contributed by atoms with van der Waals surface area (Å²) in [6.45, 7) is 3.72. The number of rotatable bonds is 5. The van der Waals surface area contributed by atoms with Crippen molar-refractivity contribution in [2.24, 2.45) is 0 Å². The van der Waals surface area contributed by atoms with Gasteiger partial charge in [-0.3, -0.25) is 9.59 Å². The predicted molar refractivity (Wildman–Crippen MR) is 70.4 cm³/mol. The fourth-order valence-electron chi connectivity index (χ4n) is 1.92. The van der Waals surface area contributed by atoms with Gasteiger partial charge in [-0.25, -0.2) is 8.42 Å². The molecule has 1 rings (SSSR count). The van der Waals surface area contributed by atoms with Crippen LogP contribution < -0.4 is 5.32 Å². The largest absolute Gasteiger partial charge is 0.468 e. The summed E-state index contributed by atoms with van der Waals surface area (Å²) in [5.41, 5.74) is 0. The fourth-order valence-corrected chi connectivity index (χ4v) is 3.53. The Hall–Kier alpha value is -1.19. The first-order chi connectivity index (χ1) is 9.36. The van der Waals surface area contributed by atoms with Crippen molar-refractivity contribution in [2.45, 2.75) is 25.1 Å². The number of nitrogens with zero attached hydrogens (tertiary/aromatic N) is 1. The molecule has 0 amide bonds. The second-order valence-electron chi connectivity index (χ2n) is 4.29. The third-order valence-electron chi connectivity index (χ3n) is 3.06. The van der Waals surface area contributed by atoms with Gasteiger partial charge < -0.3 is 14.8 Å². The number of esters is 2. The molecular weight excluding hydrogens is 288 g/mol. The molecule has 9 heteroatoms. The molecule has 20 heavy (non-hydrogen) atoms. The Morgan fingerprint density at radius 3 is 2.65 bits per heavy atom. The lowest BCUT2D eigenvalue weighted by Crippen LogP contribution is -2.59. The van der Waals surface area contributed by atoms with E-state index in [4.69, 9.17) is 4.74 Å². The highest BCUT2D eigenvalue weighted by Gasteiger charge is 2.42. The van der Waals surface area contributed by atoms with Crippen LogP contribution in [0.15, 0.2) is 0 Å². The molecule has 0 radical (unpaired) electrons. The van der Waals surface area contributed by atoms with Gasteiger partial charge in [0, 0.05) is 19.6 Å². The molecule has 0 aromatic heterocycles. The topological polar surface area (TPSA) is 102 Å². The van der Waals surface area contributed by atoms with Gasteiger partial charge in [-0.1, -0.05) is 0 Å². The zero-order chi connectivity index (χ0) is 15.3. The lowest BCUT2D eigenvalue weighted by Gasteiger charge is -2.34. The van der Waals surface area contributed by atoms with E-state index in [1.165, 1.54) is 6.92 Å². The maximum Gasteiger partial charge on any atom is 0.325 e. The third kappa shape index (κ3) is 3.47. The predicted octanol–water partition coefficient (Wildman–Crippen LogP) is -1.29. The number of carbonyl (C=O) groups is 2. The van der Waals surface area contributed by atoms with Crippen LogP contribution in [0.1, 0.15) is 13.8 Å². The van der Waals surface area contributed by atoms with Crippen molar-refractivity contribution in [3.8, 4) is 0 Å². The van der Waals surface area contributed by atoms with Crippen molar-refractivity contribution in [3.63, 3.8) is 0 Å². The van der Waals surface area contributed by atoms with Crippen LogP contribution >= 0.6 is 0 Å². The lowest BCUT2D eigenvalue weighted by atomic mass is 10.2. The maximum atomic E-state index is 12.4. The number of sulfonamides is 1. The molecule has 0 bridgehead atoms. The first-order valence-electron chi connectivity index (χ1n) is 6.32. The molecular formula is C11H20N2O6S. The molecule has 1 fully saturated rings. The minimum absolute atomic E-state index is 0.104. The summed E-state index contributed by atoms with van der Waals surface area (Å²) in [7, 11) is -2.85. The molecule has 0 aliphatic carbocycles. The molecule has 2 atom stereocenters. The maximum absolute atomic E-state index is 12.4. The Balaban J connectivity index is 3.00. The highest BCUT2D eigenvalue weighted by Crippen LogP contribution is 2.17. The molecule has 0 saturated carbocycles. The molecule has 1 aliphatic heterocycles. The summed E-state index contributed by atoms with van der Waals surface area (Å²) in [5, 5.41) is 1.58. The number of hydrogen-bond acceptors (Lipinski definition) is 7. The Morgan fingerprint density at radius 2 is 2.10 bits per heavy atom. The van der Waals surface area contributed by atoms with Gasteiger partial charge in [0.2, 0.25) is 10.0 Å². The van der Waals surface area contributed by atoms with Crippen LogP contribution in [-0.2, 0) is 29.1 Å². The summed E-state index contributed by atoms with van der Waals surface area (Å²) in [6.07, 6.45) is 0. The quantitative estimate of drug-likeness (QED) is 0.631. The number of methoxy groups -OCH3 is 1. The van der Waals surface area contributed by atoms with Gasteiger partial charge in [0.15, 0.2) is 5.25 Å². The Morgan fingerprint density at radius 1 is 1.45 bits per heavy atom. The zero-order valence-corrected chi connectivity index (χ0v) is 12.6. The van der Waals surface area contributed by atoms with Gasteiger partial charge in [-0.15, -0.1) is 0 Å². The average Bonchev–Trinajstić information content (AvgIpc) is 2.45. The third-order valence-corrected chi connectivity index (χ3v) is 5.24. The van der Waals surface area contributed by atoms with E-state index >= 15 is 0 Å². The van der Waals surface area contributed by atoms with Crippen molar-refractivity contribution in [3.05, 3.63) is 0 Å². The van der Waals surface area contributed by atoms with Crippen molar-refractivity contribution >= 4 is 22.0 Å². The molecule has 0 spiro atoms. The fraction of sp³-hybridized carbons (Fsp3) is 0.818. The summed E-state index contributed by atoms with van der Waals surface area (Å²) in [5.74, 6) is -1.48. The summed E-state index contributed by atoms with van der Waals surface area (Å²) in [6, 6.07) is -0.958. The van der Waals surface area contributed by atoms with E-state index in [0.717, 1.165) is 11.4 Å². The smallest absolute Gasteiger partial charge is 0.325 e. The summed E-state index contributed by atoms with van der Waals surface area (Å²) < 4.78 is 35.1. The average molecular weight is 308 g/mol. The van der Waals surface area contributed by atoms with E-state index in [9.17, 15) is 18.0 Å². The highest BCUT2D eigenvalue weighted by molar-refractivity contribution is 7.90. The second-order valence-corrected chi connectivity index (χ2v) is 6.50. The minimum Gasteiger partial charge on any atom is -0.468 e. The number of hydrogen-bond donors (Lipinski definition) is 1.